The van der Waals surface area contributed by atoms with Crippen LogP contribution in [0.2, 0.25) is 0 Å². The number of hydrogen-bond donors (Lipinski definition) is 2. The monoisotopic (exact) mass is 338 g/mol. The van der Waals surface area contributed by atoms with Gasteiger partial charge in [0.05, 0.1) is 17.1 Å². The Kier molecular flexibility index (Phi) is 4.24. The number of benzene rings is 2. The second-order valence-corrected chi connectivity index (χ2v) is 4.90. The van der Waals surface area contributed by atoms with Crippen molar-refractivity contribution >= 4 is 33.2 Å². The first-order chi connectivity index (χ1) is 9.51. The van der Waals surface area contributed by atoms with Crippen molar-refractivity contribution in [3.8, 4) is 5.75 Å². The number of anilines is 2. The van der Waals surface area contributed by atoms with Crippen molar-refractivity contribution in [1.82, 2.24) is 0 Å². The van der Waals surface area contributed by atoms with Gasteiger partial charge in [0.15, 0.2) is 0 Å². The van der Waals surface area contributed by atoms with Crippen LogP contribution in [0.5, 0.6) is 5.75 Å². The Balaban J connectivity index is 2.27. The topological polar surface area (TPSA) is 64.3 Å². The van der Waals surface area contributed by atoms with Gasteiger partial charge in [0, 0.05) is 11.4 Å². The van der Waals surface area contributed by atoms with Crippen molar-refractivity contribution in [2.24, 2.45) is 0 Å². The van der Waals surface area contributed by atoms with Gasteiger partial charge in [-0.3, -0.25) is 4.79 Å². The summed E-state index contributed by atoms with van der Waals surface area (Å²) in [5.74, 6) is -0.479. The third-order valence-electron chi connectivity index (χ3n) is 2.65. The van der Waals surface area contributed by atoms with E-state index in [2.05, 4.69) is 21.2 Å². The van der Waals surface area contributed by atoms with Crippen LogP contribution in [0.3, 0.4) is 0 Å². The molecule has 0 aliphatic carbocycles. The highest BCUT2D eigenvalue weighted by atomic mass is 79.9. The lowest BCUT2D eigenvalue weighted by atomic mass is 10.1. The SMILES string of the molecule is COc1ccc(N)cc1C(=O)Nc1ccc(Br)c(F)c1. The smallest absolute Gasteiger partial charge is 0.259 e. The van der Waals surface area contributed by atoms with Crippen molar-refractivity contribution < 1.29 is 13.9 Å². The molecule has 2 aromatic rings. The molecule has 0 spiro atoms. The highest BCUT2D eigenvalue weighted by Crippen LogP contribution is 2.24. The number of carbonyl (C=O) groups excluding carboxylic acids is 1. The van der Waals surface area contributed by atoms with Crippen molar-refractivity contribution in [2.45, 2.75) is 0 Å². The summed E-state index contributed by atoms with van der Waals surface area (Å²) in [5, 5.41) is 2.59. The molecule has 0 aliphatic heterocycles. The van der Waals surface area contributed by atoms with Gasteiger partial charge in [-0.2, -0.15) is 0 Å². The maximum absolute atomic E-state index is 13.4. The van der Waals surface area contributed by atoms with Crippen LogP contribution < -0.4 is 15.8 Å². The fourth-order valence-corrected chi connectivity index (χ4v) is 1.92. The third-order valence-corrected chi connectivity index (χ3v) is 3.29. The van der Waals surface area contributed by atoms with Crippen LogP contribution in [0.1, 0.15) is 10.4 Å². The Morgan fingerprint density at radius 2 is 2.05 bits per heavy atom. The molecule has 104 valence electrons. The second-order valence-electron chi connectivity index (χ2n) is 4.04. The molecule has 0 aromatic heterocycles. The van der Waals surface area contributed by atoms with Crippen molar-refractivity contribution in [2.75, 3.05) is 18.2 Å². The predicted octanol–water partition coefficient (Wildman–Crippen LogP) is 3.43. The lowest BCUT2D eigenvalue weighted by molar-refractivity contribution is 0.102. The molecule has 6 heteroatoms. The molecule has 2 aromatic carbocycles. The fraction of sp³-hybridized carbons (Fsp3) is 0.0714. The first kappa shape index (κ1) is 14.3. The number of halogens is 2. The minimum Gasteiger partial charge on any atom is -0.496 e. The zero-order valence-electron chi connectivity index (χ0n) is 10.6. The Morgan fingerprint density at radius 1 is 1.30 bits per heavy atom. The molecule has 2 rings (SSSR count). The summed E-state index contributed by atoms with van der Waals surface area (Å²) in [6.45, 7) is 0. The van der Waals surface area contributed by atoms with Crippen LogP contribution in [0, 0.1) is 5.82 Å². The van der Waals surface area contributed by atoms with Crippen LogP contribution in [0.15, 0.2) is 40.9 Å². The highest BCUT2D eigenvalue weighted by molar-refractivity contribution is 9.10. The molecular weight excluding hydrogens is 327 g/mol. The highest BCUT2D eigenvalue weighted by Gasteiger charge is 2.13. The lowest BCUT2D eigenvalue weighted by Crippen LogP contribution is -2.13. The number of hydrogen-bond acceptors (Lipinski definition) is 3. The number of nitrogen functional groups attached to an aromatic ring is 1. The molecule has 0 radical (unpaired) electrons. The van der Waals surface area contributed by atoms with Gasteiger partial charge >= 0.3 is 0 Å². The number of methoxy groups -OCH3 is 1. The van der Waals surface area contributed by atoms with Crippen LogP contribution in [-0.2, 0) is 0 Å². The molecule has 0 atom stereocenters. The van der Waals surface area contributed by atoms with Gasteiger partial charge in [-0.15, -0.1) is 0 Å². The molecule has 20 heavy (non-hydrogen) atoms. The molecule has 0 aliphatic rings. The Labute approximate surface area is 123 Å². The summed E-state index contributed by atoms with van der Waals surface area (Å²) in [7, 11) is 1.46. The zero-order chi connectivity index (χ0) is 14.7. The average molecular weight is 339 g/mol. The van der Waals surface area contributed by atoms with E-state index in [4.69, 9.17) is 10.5 Å². The van der Waals surface area contributed by atoms with Gasteiger partial charge in [-0.05, 0) is 52.3 Å². The summed E-state index contributed by atoms with van der Waals surface area (Å²) < 4.78 is 18.8. The number of ether oxygens (including phenoxy) is 1. The van der Waals surface area contributed by atoms with Gasteiger partial charge < -0.3 is 15.8 Å². The first-order valence-corrected chi connectivity index (χ1v) is 6.50. The van der Waals surface area contributed by atoms with Crippen LogP contribution in [-0.4, -0.2) is 13.0 Å². The number of rotatable bonds is 3. The van der Waals surface area contributed by atoms with Crippen molar-refractivity contribution in [3.05, 3.63) is 52.3 Å². The van der Waals surface area contributed by atoms with E-state index in [0.29, 0.717) is 21.6 Å². The van der Waals surface area contributed by atoms with Crippen LogP contribution >= 0.6 is 15.9 Å². The first-order valence-electron chi connectivity index (χ1n) is 5.71. The molecule has 3 N–H and O–H groups in total. The van der Waals surface area contributed by atoms with E-state index in [0.717, 1.165) is 0 Å². The largest absolute Gasteiger partial charge is 0.496 e. The van der Waals surface area contributed by atoms with Gasteiger partial charge in [0.2, 0.25) is 0 Å². The number of nitrogens with one attached hydrogen (secondary N) is 1. The van der Waals surface area contributed by atoms with Crippen molar-refractivity contribution in [1.29, 1.82) is 0 Å². The zero-order valence-corrected chi connectivity index (χ0v) is 12.2. The molecule has 0 bridgehead atoms. The second kappa shape index (κ2) is 5.92. The minimum atomic E-state index is -0.456. The Hall–Kier alpha value is -2.08. The summed E-state index contributed by atoms with van der Waals surface area (Å²) in [5.41, 5.74) is 6.73. The molecule has 0 saturated heterocycles. The molecular formula is C14H12BrFN2O2. The predicted molar refractivity (Wildman–Crippen MR) is 79.5 cm³/mol. The maximum Gasteiger partial charge on any atom is 0.259 e. The van der Waals surface area contributed by atoms with Crippen molar-refractivity contribution in [3.63, 3.8) is 0 Å². The van der Waals surface area contributed by atoms with E-state index in [1.54, 1.807) is 18.2 Å². The molecule has 0 saturated carbocycles. The Bertz CT molecular complexity index is 662. The maximum atomic E-state index is 13.4. The van der Waals surface area contributed by atoms with E-state index in [9.17, 15) is 9.18 Å². The number of carbonyl (C=O) groups is 1. The van der Waals surface area contributed by atoms with E-state index >= 15 is 0 Å². The normalized spacial score (nSPS) is 10.2. The summed E-state index contributed by atoms with van der Waals surface area (Å²) >= 11 is 3.05. The van der Waals surface area contributed by atoms with Crippen LogP contribution in [0.4, 0.5) is 15.8 Å². The lowest BCUT2D eigenvalue weighted by Gasteiger charge is -2.10. The summed E-state index contributed by atoms with van der Waals surface area (Å²) in [4.78, 5) is 12.2. The van der Waals surface area contributed by atoms with E-state index in [1.807, 2.05) is 0 Å². The van der Waals surface area contributed by atoms with E-state index in [-0.39, 0.29) is 5.56 Å². The molecule has 0 unspecified atom stereocenters. The Morgan fingerprint density at radius 3 is 2.70 bits per heavy atom. The third kappa shape index (κ3) is 3.08. The van der Waals surface area contributed by atoms with E-state index in [1.165, 1.54) is 25.3 Å². The minimum absolute atomic E-state index is 0.288. The molecule has 4 nitrogen and oxygen atoms in total. The summed E-state index contributed by atoms with van der Waals surface area (Å²) in [6.07, 6.45) is 0. The van der Waals surface area contributed by atoms with Gasteiger partial charge in [-0.1, -0.05) is 0 Å². The fourth-order valence-electron chi connectivity index (χ4n) is 1.68. The van der Waals surface area contributed by atoms with Gasteiger partial charge in [0.1, 0.15) is 11.6 Å². The van der Waals surface area contributed by atoms with Gasteiger partial charge in [-0.25, -0.2) is 4.39 Å². The number of amides is 1. The van der Waals surface area contributed by atoms with E-state index < -0.39 is 11.7 Å². The average Bonchev–Trinajstić information content (AvgIpc) is 2.43. The molecule has 0 heterocycles. The number of nitrogens with two attached hydrogens (primary N) is 1. The van der Waals surface area contributed by atoms with Crippen LogP contribution in [0.25, 0.3) is 0 Å². The standard InChI is InChI=1S/C14H12BrFN2O2/c1-20-13-5-2-8(17)6-10(13)14(19)18-9-3-4-11(15)12(16)7-9/h2-7H,17H2,1H3,(H,18,19). The molecule has 1 amide bonds. The van der Waals surface area contributed by atoms with Gasteiger partial charge in [0.25, 0.3) is 5.91 Å². The molecule has 0 fully saturated rings. The quantitative estimate of drug-likeness (QED) is 0.842. The summed E-state index contributed by atoms with van der Waals surface area (Å²) in [6, 6.07) is 9.07.